The Labute approximate surface area is 184 Å². The number of para-hydroxylation sites is 1. The van der Waals surface area contributed by atoms with Gasteiger partial charge in [0.1, 0.15) is 5.69 Å². The maximum Gasteiger partial charge on any atom is 0.209 e. The van der Waals surface area contributed by atoms with Gasteiger partial charge < -0.3 is 15.6 Å². The third-order valence-electron chi connectivity index (χ3n) is 5.41. The second kappa shape index (κ2) is 9.55. The summed E-state index contributed by atoms with van der Waals surface area (Å²) >= 11 is 0. The van der Waals surface area contributed by atoms with E-state index >= 15 is 0 Å². The van der Waals surface area contributed by atoms with E-state index in [-0.39, 0.29) is 29.4 Å². The third-order valence-corrected chi connectivity index (χ3v) is 5.41. The normalized spacial score (nSPS) is 16.2. The molecule has 1 fully saturated rings. The van der Waals surface area contributed by atoms with Crippen molar-refractivity contribution in [2.45, 2.75) is 6.42 Å². The van der Waals surface area contributed by atoms with Crippen molar-refractivity contribution in [2.24, 2.45) is 5.92 Å². The molecule has 0 spiro atoms. The van der Waals surface area contributed by atoms with Gasteiger partial charge in [0.05, 0.1) is 12.4 Å². The number of anilines is 2. The van der Waals surface area contributed by atoms with E-state index in [0.717, 1.165) is 18.3 Å². The Morgan fingerprint density at radius 1 is 1.22 bits per heavy atom. The molecule has 8 heteroatoms. The average molecular weight is 435 g/mol. The molecule has 1 unspecified atom stereocenters. The van der Waals surface area contributed by atoms with Crippen LogP contribution >= 0.6 is 0 Å². The zero-order valence-electron chi connectivity index (χ0n) is 17.3. The monoisotopic (exact) mass is 435 g/mol. The van der Waals surface area contributed by atoms with Crippen LogP contribution in [-0.2, 0) is 0 Å². The summed E-state index contributed by atoms with van der Waals surface area (Å²) in [6.07, 6.45) is 4.64. The van der Waals surface area contributed by atoms with E-state index in [1.54, 1.807) is 12.1 Å². The minimum absolute atomic E-state index is 0.0166. The van der Waals surface area contributed by atoms with E-state index in [1.165, 1.54) is 29.1 Å². The highest BCUT2D eigenvalue weighted by Gasteiger charge is 2.23. The second-order valence-corrected chi connectivity index (χ2v) is 7.60. The SMILES string of the molecule is N=C/C=C(\Nc1ccccc1)c1nn(-c2ccc(N3CCC(CF)C3)cc2F)ccc1=O. The van der Waals surface area contributed by atoms with Gasteiger partial charge in [0.15, 0.2) is 11.5 Å². The first-order valence-corrected chi connectivity index (χ1v) is 10.3. The fraction of sp³-hybridized carbons (Fsp3) is 0.208. The minimum atomic E-state index is -0.498. The predicted octanol–water partition coefficient (Wildman–Crippen LogP) is 4.27. The van der Waals surface area contributed by atoms with E-state index in [1.807, 2.05) is 35.2 Å². The van der Waals surface area contributed by atoms with Crippen molar-refractivity contribution in [2.75, 3.05) is 30.0 Å². The molecule has 2 aromatic carbocycles. The van der Waals surface area contributed by atoms with Gasteiger partial charge in [-0.3, -0.25) is 9.18 Å². The molecule has 0 radical (unpaired) electrons. The fourth-order valence-electron chi connectivity index (χ4n) is 3.74. The maximum atomic E-state index is 15.0. The smallest absolute Gasteiger partial charge is 0.209 e. The molecule has 1 saturated heterocycles. The van der Waals surface area contributed by atoms with Crippen molar-refractivity contribution in [3.05, 3.63) is 88.6 Å². The highest BCUT2D eigenvalue weighted by molar-refractivity contribution is 5.86. The number of rotatable bonds is 7. The molecular weight excluding hydrogens is 412 g/mol. The van der Waals surface area contributed by atoms with Crippen molar-refractivity contribution in [1.29, 1.82) is 5.41 Å². The van der Waals surface area contributed by atoms with Gasteiger partial charge in [-0.15, -0.1) is 0 Å². The number of alkyl halides is 1. The van der Waals surface area contributed by atoms with Crippen LogP contribution in [-0.4, -0.2) is 35.8 Å². The predicted molar refractivity (Wildman–Crippen MR) is 123 cm³/mol. The largest absolute Gasteiger partial charge is 0.371 e. The first-order chi connectivity index (χ1) is 15.6. The van der Waals surface area contributed by atoms with Crippen molar-refractivity contribution < 1.29 is 8.78 Å². The summed E-state index contributed by atoms with van der Waals surface area (Å²) in [6, 6.07) is 15.3. The standard InChI is InChI=1S/C24H23F2N5O/c25-15-17-9-12-30(16-17)19-6-7-22(20(26)14-19)31-13-10-23(32)24(29-31)21(8-11-27)28-18-4-2-1-3-5-18/h1-8,10-11,13-14,17,27-28H,9,12,15-16H2/b21-8-,27-11?. The highest BCUT2D eigenvalue weighted by Crippen LogP contribution is 2.27. The first-order valence-electron chi connectivity index (χ1n) is 10.3. The molecule has 1 aliphatic heterocycles. The molecule has 1 aromatic heterocycles. The number of allylic oxidation sites excluding steroid dienone is 1. The number of nitrogens with one attached hydrogen (secondary N) is 2. The summed E-state index contributed by atoms with van der Waals surface area (Å²) in [5, 5.41) is 14.9. The maximum absolute atomic E-state index is 15.0. The molecule has 164 valence electrons. The van der Waals surface area contributed by atoms with E-state index < -0.39 is 5.82 Å². The molecule has 0 saturated carbocycles. The van der Waals surface area contributed by atoms with Crippen LogP contribution < -0.4 is 15.6 Å². The van der Waals surface area contributed by atoms with Gasteiger partial charge in [0.2, 0.25) is 5.43 Å². The molecule has 3 aromatic rings. The summed E-state index contributed by atoms with van der Waals surface area (Å²) in [7, 11) is 0. The van der Waals surface area contributed by atoms with Gasteiger partial charge in [0.25, 0.3) is 0 Å². The molecule has 0 aliphatic carbocycles. The molecule has 0 bridgehead atoms. The lowest BCUT2D eigenvalue weighted by Crippen LogP contribution is -2.21. The van der Waals surface area contributed by atoms with E-state index in [9.17, 15) is 13.6 Å². The Kier molecular flexibility index (Phi) is 6.39. The van der Waals surface area contributed by atoms with E-state index in [4.69, 9.17) is 5.41 Å². The van der Waals surface area contributed by atoms with Crippen LogP contribution in [0.2, 0.25) is 0 Å². The molecule has 2 heterocycles. The summed E-state index contributed by atoms with van der Waals surface area (Å²) in [4.78, 5) is 14.5. The van der Waals surface area contributed by atoms with Gasteiger partial charge in [-0.05, 0) is 42.8 Å². The van der Waals surface area contributed by atoms with Gasteiger partial charge in [-0.2, -0.15) is 5.10 Å². The molecule has 2 N–H and O–H groups in total. The second-order valence-electron chi connectivity index (χ2n) is 7.60. The molecular formula is C24H23F2N5O. The minimum Gasteiger partial charge on any atom is -0.371 e. The summed E-state index contributed by atoms with van der Waals surface area (Å²) < 4.78 is 29.2. The molecule has 1 aliphatic rings. The van der Waals surface area contributed by atoms with Crippen molar-refractivity contribution in [1.82, 2.24) is 9.78 Å². The number of benzene rings is 2. The van der Waals surface area contributed by atoms with Gasteiger partial charge in [-0.25, -0.2) is 9.07 Å². The number of hydrogen-bond donors (Lipinski definition) is 2. The molecule has 6 nitrogen and oxygen atoms in total. The van der Waals surface area contributed by atoms with Gasteiger partial charge >= 0.3 is 0 Å². The van der Waals surface area contributed by atoms with Crippen LogP contribution in [0.4, 0.5) is 20.2 Å². The lowest BCUT2D eigenvalue weighted by atomic mass is 10.1. The van der Waals surface area contributed by atoms with E-state index in [2.05, 4.69) is 10.4 Å². The quantitative estimate of drug-likeness (QED) is 0.544. The summed E-state index contributed by atoms with van der Waals surface area (Å²) in [6.45, 7) is 0.888. The zero-order valence-corrected chi connectivity index (χ0v) is 17.3. The molecule has 0 amide bonds. The van der Waals surface area contributed by atoms with Crippen LogP contribution in [0.15, 0.2) is 71.7 Å². The van der Waals surface area contributed by atoms with Crippen molar-refractivity contribution in [3.63, 3.8) is 0 Å². The van der Waals surface area contributed by atoms with E-state index in [0.29, 0.717) is 24.5 Å². The highest BCUT2D eigenvalue weighted by atomic mass is 19.1. The lowest BCUT2D eigenvalue weighted by Gasteiger charge is -2.19. The Bertz CT molecular complexity index is 1190. The first kappa shape index (κ1) is 21.4. The van der Waals surface area contributed by atoms with Crippen LogP contribution in [0.25, 0.3) is 11.4 Å². The topological polar surface area (TPSA) is 74.0 Å². The third kappa shape index (κ3) is 4.59. The van der Waals surface area contributed by atoms with Gasteiger partial charge in [0, 0.05) is 48.9 Å². The van der Waals surface area contributed by atoms with Crippen LogP contribution in [0.5, 0.6) is 0 Å². The average Bonchev–Trinajstić information content (AvgIpc) is 3.29. The zero-order chi connectivity index (χ0) is 22.5. The van der Waals surface area contributed by atoms with Crippen LogP contribution in [0.3, 0.4) is 0 Å². The number of aromatic nitrogens is 2. The lowest BCUT2D eigenvalue weighted by molar-refractivity contribution is 0.385. The summed E-state index contributed by atoms with van der Waals surface area (Å²) in [5.41, 5.74) is 1.64. The Balaban J connectivity index is 1.65. The molecule has 4 rings (SSSR count). The number of hydrogen-bond acceptors (Lipinski definition) is 5. The van der Waals surface area contributed by atoms with Crippen molar-refractivity contribution >= 4 is 23.3 Å². The molecule has 1 atom stereocenters. The Morgan fingerprint density at radius 3 is 2.72 bits per heavy atom. The van der Waals surface area contributed by atoms with Crippen LogP contribution in [0.1, 0.15) is 12.1 Å². The number of halogens is 2. The van der Waals surface area contributed by atoms with Gasteiger partial charge in [-0.1, -0.05) is 18.2 Å². The Hall–Kier alpha value is -3.81. The number of nitrogens with zero attached hydrogens (tertiary/aromatic N) is 3. The Morgan fingerprint density at radius 2 is 2.03 bits per heavy atom. The van der Waals surface area contributed by atoms with Crippen molar-refractivity contribution in [3.8, 4) is 5.69 Å². The summed E-state index contributed by atoms with van der Waals surface area (Å²) in [5.74, 6) is -0.515. The molecule has 32 heavy (non-hydrogen) atoms. The fourth-order valence-corrected chi connectivity index (χ4v) is 3.74. The van der Waals surface area contributed by atoms with Crippen LogP contribution in [0, 0.1) is 17.1 Å².